The Morgan fingerprint density at radius 3 is 1.55 bits per heavy atom. The standard InChI is InChI=1S/C26H29ClN2O6.C23H30ClNO3.C5H5NO4/c1-4-34-16-26(2,25(31)32)15-21(28-24(30)22-14-23(33-3)29-35-22)12-17-8-10-18(11-9-17)19-6-5-7-20(27)13-19;1-4-27-16-23(3,22(26)28-5-2)15-21(25)13-17-9-11-18(12-10-17)19-7-6-8-20(24)14-19;1-9-4-2-3(5(7)8)10-6-4/h5-11,13-14,21H,4,12,15-16H2,1-3H3,(H,28,30)(H,31,32);6-12,14,21H,4-5,13,15-16,25H2,1-3H3;2H,1H3,(H,7,8)/t21-,26+;21-,23+;/m11./s1. The van der Waals surface area contributed by atoms with E-state index in [0.717, 1.165) is 38.4 Å². The fraction of sp³-hybridized carbons (Fsp3) is 0.370. The Morgan fingerprint density at radius 2 is 1.12 bits per heavy atom. The summed E-state index contributed by atoms with van der Waals surface area (Å²) in [6.07, 6.45) is 1.73. The average molecular weight is 1050 g/mol. The summed E-state index contributed by atoms with van der Waals surface area (Å²) < 4.78 is 35.1. The van der Waals surface area contributed by atoms with Crippen LogP contribution < -0.4 is 20.5 Å². The van der Waals surface area contributed by atoms with Crippen molar-refractivity contribution in [2.75, 3.05) is 47.3 Å². The molecule has 0 aliphatic rings. The van der Waals surface area contributed by atoms with E-state index >= 15 is 0 Å². The molecular weight excluding hydrogens is 984 g/mol. The smallest absolute Gasteiger partial charge is 0.374 e. The van der Waals surface area contributed by atoms with Crippen LogP contribution in [0.25, 0.3) is 22.3 Å². The molecule has 0 saturated heterocycles. The maximum Gasteiger partial charge on any atom is 0.374 e. The maximum atomic E-state index is 12.8. The van der Waals surface area contributed by atoms with E-state index in [1.165, 1.54) is 26.4 Å². The number of hydrogen-bond acceptors (Lipinski definition) is 14. The summed E-state index contributed by atoms with van der Waals surface area (Å²) in [5.41, 5.74) is 10.7. The lowest BCUT2D eigenvalue weighted by atomic mass is 9.82. The van der Waals surface area contributed by atoms with Gasteiger partial charge in [-0.15, -0.1) is 0 Å². The molecule has 4 aromatic carbocycles. The van der Waals surface area contributed by atoms with Crippen LogP contribution in [0.1, 0.15) is 79.7 Å². The molecule has 2 aromatic heterocycles. The molecule has 6 rings (SSSR count). The molecule has 6 aromatic rings. The Kier molecular flexibility index (Phi) is 23.4. The molecule has 1 amide bonds. The van der Waals surface area contributed by atoms with E-state index in [1.807, 2.05) is 86.6 Å². The third kappa shape index (κ3) is 18.7. The molecule has 73 heavy (non-hydrogen) atoms. The fourth-order valence-electron chi connectivity index (χ4n) is 7.50. The Bertz CT molecular complexity index is 2680. The Morgan fingerprint density at radius 1 is 0.644 bits per heavy atom. The van der Waals surface area contributed by atoms with Gasteiger partial charge in [0.1, 0.15) is 0 Å². The van der Waals surface area contributed by atoms with Gasteiger partial charge in [-0.25, -0.2) is 4.79 Å². The number of carboxylic acid groups (broad SMARTS) is 2. The van der Waals surface area contributed by atoms with Crippen LogP contribution >= 0.6 is 23.2 Å². The summed E-state index contributed by atoms with van der Waals surface area (Å²) in [4.78, 5) is 47.5. The second-order valence-electron chi connectivity index (χ2n) is 17.4. The number of aliphatic carboxylic acids is 1. The van der Waals surface area contributed by atoms with Gasteiger partial charge in [-0.2, -0.15) is 0 Å². The molecule has 0 bridgehead atoms. The van der Waals surface area contributed by atoms with Crippen LogP contribution in [0.2, 0.25) is 10.0 Å². The van der Waals surface area contributed by atoms with Crippen LogP contribution in [0, 0.1) is 10.8 Å². The first-order chi connectivity index (χ1) is 34.8. The number of aromatic nitrogens is 2. The van der Waals surface area contributed by atoms with Gasteiger partial charge in [0.2, 0.25) is 11.5 Å². The zero-order valence-corrected chi connectivity index (χ0v) is 43.5. The molecule has 17 nitrogen and oxygen atoms in total. The van der Waals surface area contributed by atoms with E-state index in [1.54, 1.807) is 20.8 Å². The van der Waals surface area contributed by atoms with Gasteiger partial charge in [-0.1, -0.05) is 96.0 Å². The van der Waals surface area contributed by atoms with Gasteiger partial charge in [0.15, 0.2) is 0 Å². The van der Waals surface area contributed by atoms with E-state index in [0.29, 0.717) is 50.7 Å². The number of nitrogens with two attached hydrogens (primary N) is 1. The number of amides is 1. The van der Waals surface area contributed by atoms with Crippen molar-refractivity contribution >= 4 is 47.0 Å². The van der Waals surface area contributed by atoms with E-state index in [9.17, 15) is 24.3 Å². The number of halogens is 2. The minimum atomic E-state index is -1.20. The van der Waals surface area contributed by atoms with Crippen molar-refractivity contribution in [1.29, 1.82) is 0 Å². The molecular formula is C54H64Cl2N4O13. The highest BCUT2D eigenvalue weighted by molar-refractivity contribution is 6.31. The summed E-state index contributed by atoms with van der Waals surface area (Å²) in [5, 5.41) is 29.4. The van der Waals surface area contributed by atoms with Crippen molar-refractivity contribution < 1.29 is 62.1 Å². The lowest BCUT2D eigenvalue weighted by Crippen LogP contribution is -2.44. The van der Waals surface area contributed by atoms with Crippen molar-refractivity contribution in [1.82, 2.24) is 15.6 Å². The Hall–Kier alpha value is -6.76. The van der Waals surface area contributed by atoms with E-state index in [4.69, 9.17) is 57.5 Å². The molecule has 5 N–H and O–H groups in total. The topological polar surface area (TPSA) is 245 Å². The zero-order valence-electron chi connectivity index (χ0n) is 42.0. The van der Waals surface area contributed by atoms with E-state index < -0.39 is 34.7 Å². The van der Waals surface area contributed by atoms with Crippen molar-refractivity contribution in [3.63, 3.8) is 0 Å². The van der Waals surface area contributed by atoms with Crippen LogP contribution in [0.3, 0.4) is 0 Å². The molecule has 4 atom stereocenters. The Labute approximate surface area is 435 Å². The zero-order chi connectivity index (χ0) is 53.6. The van der Waals surface area contributed by atoms with Crippen LogP contribution in [0.15, 0.2) is 118 Å². The van der Waals surface area contributed by atoms with Gasteiger partial charge >= 0.3 is 17.9 Å². The number of rotatable bonds is 24. The number of methoxy groups -OCH3 is 2. The van der Waals surface area contributed by atoms with E-state index in [2.05, 4.69) is 49.2 Å². The first kappa shape index (κ1) is 58.8. The predicted molar refractivity (Wildman–Crippen MR) is 276 cm³/mol. The molecule has 2 heterocycles. The molecule has 0 saturated carbocycles. The number of carbonyl (C=O) groups is 4. The Balaban J connectivity index is 0.000000270. The summed E-state index contributed by atoms with van der Waals surface area (Å²) >= 11 is 12.2. The largest absolute Gasteiger partial charge is 0.481 e. The van der Waals surface area contributed by atoms with Crippen LogP contribution in [0.5, 0.6) is 11.8 Å². The molecule has 19 heteroatoms. The normalized spacial score (nSPS) is 13.3. The van der Waals surface area contributed by atoms with Crippen LogP contribution in [-0.4, -0.2) is 104 Å². The molecule has 0 unspecified atom stereocenters. The maximum absolute atomic E-state index is 12.8. The quantitative estimate of drug-likeness (QED) is 0.0412. The summed E-state index contributed by atoms with van der Waals surface area (Å²) in [5.74, 6) is -2.83. The number of esters is 1. The number of nitrogens with one attached hydrogen (secondary N) is 1. The van der Waals surface area contributed by atoms with Crippen LogP contribution in [-0.2, 0) is 36.6 Å². The van der Waals surface area contributed by atoms with Crippen molar-refractivity contribution in [2.24, 2.45) is 16.6 Å². The minimum absolute atomic E-state index is 0.0229. The molecule has 0 radical (unpaired) electrons. The number of hydrogen-bond donors (Lipinski definition) is 4. The van der Waals surface area contributed by atoms with Gasteiger partial charge in [0.25, 0.3) is 17.7 Å². The molecule has 0 fully saturated rings. The summed E-state index contributed by atoms with van der Waals surface area (Å²) in [6.45, 7) is 10.6. The van der Waals surface area contributed by atoms with Crippen molar-refractivity contribution in [3.05, 3.63) is 142 Å². The molecule has 0 spiro atoms. The lowest BCUT2D eigenvalue weighted by molar-refractivity contribution is -0.159. The van der Waals surface area contributed by atoms with E-state index in [-0.39, 0.29) is 48.3 Å². The van der Waals surface area contributed by atoms with Crippen LogP contribution in [0.4, 0.5) is 0 Å². The number of aromatic carboxylic acids is 1. The SMILES string of the molecule is CCOC[C@](C)(C[C@@H](Cc1ccc(-c2cccc(Cl)c2)cc1)NC(=O)c1cc(OC)no1)C(=O)O.CCOC[C@](C)(C[C@H](N)Cc1ccc(-c2cccc(Cl)c2)cc1)C(=O)OCC.COc1cc(C(=O)O)on1. The number of nitrogens with zero attached hydrogens (tertiary/aromatic N) is 2. The third-order valence-electron chi connectivity index (χ3n) is 11.3. The average Bonchev–Trinajstić information content (AvgIpc) is 4.07. The first-order valence-electron chi connectivity index (χ1n) is 23.4. The third-order valence-corrected chi connectivity index (χ3v) is 11.8. The summed E-state index contributed by atoms with van der Waals surface area (Å²) in [7, 11) is 2.80. The second kappa shape index (κ2) is 29.1. The predicted octanol–water partition coefficient (Wildman–Crippen LogP) is 10.1. The van der Waals surface area contributed by atoms with Gasteiger partial charge in [-0.05, 0) is 128 Å². The van der Waals surface area contributed by atoms with Crippen molar-refractivity contribution in [2.45, 2.75) is 72.4 Å². The summed E-state index contributed by atoms with van der Waals surface area (Å²) in [6, 6.07) is 33.4. The number of carbonyl (C=O) groups excluding carboxylic acids is 2. The monoisotopic (exact) mass is 1050 g/mol. The molecule has 0 aliphatic carbocycles. The number of ether oxygens (including phenoxy) is 5. The van der Waals surface area contributed by atoms with Gasteiger partial charge in [-0.3, -0.25) is 14.4 Å². The van der Waals surface area contributed by atoms with Gasteiger partial charge < -0.3 is 54.0 Å². The number of benzene rings is 4. The number of carboxylic acids is 2. The lowest BCUT2D eigenvalue weighted by Gasteiger charge is -2.30. The highest BCUT2D eigenvalue weighted by Crippen LogP contribution is 2.30. The minimum Gasteiger partial charge on any atom is -0.481 e. The second-order valence-corrected chi connectivity index (χ2v) is 18.2. The molecule has 392 valence electrons. The highest BCUT2D eigenvalue weighted by atomic mass is 35.5. The van der Waals surface area contributed by atoms with Gasteiger partial charge in [0, 0.05) is 35.3 Å². The first-order valence-corrected chi connectivity index (χ1v) is 24.2. The molecule has 0 aliphatic heterocycles. The highest BCUT2D eigenvalue weighted by Gasteiger charge is 2.38. The van der Waals surface area contributed by atoms with Gasteiger partial charge in [0.05, 0.1) is 57.0 Å². The fourth-order valence-corrected chi connectivity index (χ4v) is 7.88. The van der Waals surface area contributed by atoms with Crippen molar-refractivity contribution in [3.8, 4) is 34.0 Å².